The summed E-state index contributed by atoms with van der Waals surface area (Å²) in [6.07, 6.45) is -3.62. The Morgan fingerprint density at radius 1 is 1.36 bits per heavy atom. The standard InChI is InChI=1S/C16H27F3N4OS/c1-4-20-14(21-7-5-8-23(3)12-16(17,18)19)22-11-15(2,24)13-6-9-25-10-13/h6,9-10,24H,4-5,7-8,11-12H2,1-3H3,(H2,20,21,22). The Balaban J connectivity index is 2.43. The van der Waals surface area contributed by atoms with E-state index in [9.17, 15) is 18.3 Å². The fraction of sp³-hybridized carbons (Fsp3) is 0.688. The summed E-state index contributed by atoms with van der Waals surface area (Å²) < 4.78 is 36.8. The second-order valence-electron chi connectivity index (χ2n) is 6.11. The van der Waals surface area contributed by atoms with Gasteiger partial charge in [0.15, 0.2) is 5.96 Å². The maximum Gasteiger partial charge on any atom is 0.401 e. The average Bonchev–Trinajstić information content (AvgIpc) is 3.02. The minimum Gasteiger partial charge on any atom is -0.383 e. The summed E-state index contributed by atoms with van der Waals surface area (Å²) in [6, 6.07) is 1.86. The Hall–Kier alpha value is -1.32. The van der Waals surface area contributed by atoms with Crippen molar-refractivity contribution >= 4 is 17.3 Å². The van der Waals surface area contributed by atoms with Gasteiger partial charge in [0.1, 0.15) is 5.60 Å². The van der Waals surface area contributed by atoms with E-state index in [1.54, 1.807) is 6.92 Å². The van der Waals surface area contributed by atoms with Crippen LogP contribution in [0.25, 0.3) is 0 Å². The summed E-state index contributed by atoms with van der Waals surface area (Å²) in [5.41, 5.74) is -0.249. The summed E-state index contributed by atoms with van der Waals surface area (Å²) in [4.78, 5) is 5.62. The summed E-state index contributed by atoms with van der Waals surface area (Å²) in [5, 5.41) is 20.4. The van der Waals surface area contributed by atoms with Gasteiger partial charge in [-0.05, 0) is 56.3 Å². The van der Waals surface area contributed by atoms with Gasteiger partial charge in [-0.2, -0.15) is 24.5 Å². The van der Waals surface area contributed by atoms with E-state index >= 15 is 0 Å². The van der Waals surface area contributed by atoms with E-state index in [0.717, 1.165) is 5.56 Å². The molecule has 0 radical (unpaired) electrons. The second-order valence-corrected chi connectivity index (χ2v) is 6.89. The fourth-order valence-electron chi connectivity index (χ4n) is 2.18. The Morgan fingerprint density at radius 3 is 2.64 bits per heavy atom. The van der Waals surface area contributed by atoms with Gasteiger partial charge in [-0.1, -0.05) is 0 Å². The molecule has 0 aliphatic carbocycles. The van der Waals surface area contributed by atoms with Gasteiger partial charge in [0, 0.05) is 13.1 Å². The topological polar surface area (TPSA) is 59.9 Å². The Labute approximate surface area is 150 Å². The molecule has 1 aromatic rings. The maximum atomic E-state index is 12.3. The fourth-order valence-corrected chi connectivity index (χ4v) is 2.96. The number of rotatable bonds is 9. The second kappa shape index (κ2) is 9.98. The molecule has 5 nitrogen and oxygen atoms in total. The highest BCUT2D eigenvalue weighted by atomic mass is 32.1. The molecule has 1 rings (SSSR count). The van der Waals surface area contributed by atoms with Crippen molar-refractivity contribution in [3.63, 3.8) is 0 Å². The molecule has 1 atom stereocenters. The number of hydrogen-bond acceptors (Lipinski definition) is 4. The van der Waals surface area contributed by atoms with Gasteiger partial charge in [-0.15, -0.1) is 0 Å². The van der Waals surface area contributed by atoms with Crippen LogP contribution in [-0.2, 0) is 5.60 Å². The van der Waals surface area contributed by atoms with Crippen molar-refractivity contribution < 1.29 is 18.3 Å². The lowest BCUT2D eigenvalue weighted by atomic mass is 10.00. The molecule has 0 saturated carbocycles. The van der Waals surface area contributed by atoms with Gasteiger partial charge in [0.2, 0.25) is 0 Å². The zero-order valence-electron chi connectivity index (χ0n) is 14.9. The minimum absolute atomic E-state index is 0.188. The minimum atomic E-state index is -4.17. The van der Waals surface area contributed by atoms with Crippen molar-refractivity contribution in [3.05, 3.63) is 22.4 Å². The highest BCUT2D eigenvalue weighted by Crippen LogP contribution is 2.23. The Morgan fingerprint density at radius 2 is 2.08 bits per heavy atom. The molecule has 0 fully saturated rings. The number of nitrogens with zero attached hydrogens (tertiary/aromatic N) is 2. The van der Waals surface area contributed by atoms with E-state index < -0.39 is 18.3 Å². The van der Waals surface area contributed by atoms with Crippen LogP contribution < -0.4 is 10.6 Å². The van der Waals surface area contributed by atoms with E-state index in [0.29, 0.717) is 32.0 Å². The predicted octanol–water partition coefficient (Wildman–Crippen LogP) is 2.39. The maximum absolute atomic E-state index is 12.3. The first-order valence-corrected chi connectivity index (χ1v) is 9.11. The third kappa shape index (κ3) is 9.08. The van der Waals surface area contributed by atoms with E-state index in [1.807, 2.05) is 23.8 Å². The molecular weight excluding hydrogens is 353 g/mol. The van der Waals surface area contributed by atoms with Gasteiger partial charge in [0.05, 0.1) is 13.1 Å². The molecular formula is C16H27F3N4OS. The first-order valence-electron chi connectivity index (χ1n) is 8.16. The molecule has 3 N–H and O–H groups in total. The van der Waals surface area contributed by atoms with Gasteiger partial charge < -0.3 is 15.7 Å². The molecule has 0 amide bonds. The third-order valence-corrected chi connectivity index (χ3v) is 4.17. The number of nitrogens with one attached hydrogen (secondary N) is 2. The smallest absolute Gasteiger partial charge is 0.383 e. The van der Waals surface area contributed by atoms with Crippen LogP contribution >= 0.6 is 11.3 Å². The van der Waals surface area contributed by atoms with Crippen LogP contribution in [0.1, 0.15) is 25.8 Å². The predicted molar refractivity (Wildman–Crippen MR) is 96.0 cm³/mol. The highest BCUT2D eigenvalue weighted by Gasteiger charge is 2.28. The van der Waals surface area contributed by atoms with Crippen molar-refractivity contribution in [2.75, 3.05) is 39.8 Å². The van der Waals surface area contributed by atoms with Crippen LogP contribution in [-0.4, -0.2) is 61.9 Å². The number of hydrogen-bond donors (Lipinski definition) is 3. The lowest BCUT2D eigenvalue weighted by molar-refractivity contribution is -0.143. The van der Waals surface area contributed by atoms with Crippen LogP contribution in [0, 0.1) is 0 Å². The molecule has 1 unspecified atom stereocenters. The molecule has 1 aromatic heterocycles. The molecule has 25 heavy (non-hydrogen) atoms. The third-order valence-electron chi connectivity index (χ3n) is 3.49. The summed E-state index contributed by atoms with van der Waals surface area (Å²) in [6.45, 7) is 4.38. The van der Waals surface area contributed by atoms with E-state index in [2.05, 4.69) is 15.6 Å². The SMILES string of the molecule is CCNC(=NCC(C)(O)c1ccsc1)NCCCN(C)CC(F)(F)F. The molecule has 9 heteroatoms. The Kier molecular flexibility index (Phi) is 8.67. The molecule has 0 aliphatic heterocycles. The summed E-state index contributed by atoms with van der Waals surface area (Å²) in [5.74, 6) is 0.538. The lowest BCUT2D eigenvalue weighted by Gasteiger charge is -2.21. The molecule has 1 heterocycles. The van der Waals surface area contributed by atoms with Crippen LogP contribution in [0.5, 0.6) is 0 Å². The van der Waals surface area contributed by atoms with Gasteiger partial charge in [-0.25, -0.2) is 4.99 Å². The molecule has 0 aromatic carbocycles. The van der Waals surface area contributed by atoms with Crippen LogP contribution in [0.2, 0.25) is 0 Å². The van der Waals surface area contributed by atoms with Crippen LogP contribution in [0.3, 0.4) is 0 Å². The number of aliphatic imine (C=N–C) groups is 1. The zero-order chi connectivity index (χ0) is 18.9. The normalized spacial score (nSPS) is 15.3. The monoisotopic (exact) mass is 380 g/mol. The summed E-state index contributed by atoms with van der Waals surface area (Å²) >= 11 is 1.51. The number of guanidine groups is 1. The van der Waals surface area contributed by atoms with Gasteiger partial charge >= 0.3 is 6.18 Å². The van der Waals surface area contributed by atoms with Crippen LogP contribution in [0.15, 0.2) is 21.8 Å². The van der Waals surface area contributed by atoms with Gasteiger partial charge in [0.25, 0.3) is 0 Å². The van der Waals surface area contributed by atoms with Gasteiger partial charge in [-0.3, -0.25) is 4.90 Å². The summed E-state index contributed by atoms with van der Waals surface area (Å²) in [7, 11) is 1.45. The highest BCUT2D eigenvalue weighted by molar-refractivity contribution is 7.08. The molecule has 0 spiro atoms. The first kappa shape index (κ1) is 21.7. The largest absolute Gasteiger partial charge is 0.401 e. The zero-order valence-corrected chi connectivity index (χ0v) is 15.7. The molecule has 0 aliphatic rings. The van der Waals surface area contributed by atoms with E-state index in [-0.39, 0.29) is 6.54 Å². The van der Waals surface area contributed by atoms with E-state index in [1.165, 1.54) is 23.3 Å². The van der Waals surface area contributed by atoms with Crippen molar-refractivity contribution in [2.24, 2.45) is 4.99 Å². The number of halogens is 3. The quantitative estimate of drug-likeness (QED) is 0.350. The van der Waals surface area contributed by atoms with Crippen molar-refractivity contribution in [3.8, 4) is 0 Å². The molecule has 0 bridgehead atoms. The van der Waals surface area contributed by atoms with Crippen molar-refractivity contribution in [1.82, 2.24) is 15.5 Å². The number of thiophene rings is 1. The average molecular weight is 380 g/mol. The van der Waals surface area contributed by atoms with E-state index in [4.69, 9.17) is 0 Å². The van der Waals surface area contributed by atoms with Crippen LogP contribution in [0.4, 0.5) is 13.2 Å². The molecule has 0 saturated heterocycles. The number of aliphatic hydroxyl groups is 1. The number of alkyl halides is 3. The van der Waals surface area contributed by atoms with Crippen molar-refractivity contribution in [1.29, 1.82) is 0 Å². The first-order chi connectivity index (χ1) is 11.6. The van der Waals surface area contributed by atoms with Crippen molar-refractivity contribution in [2.45, 2.75) is 32.0 Å². The lowest BCUT2D eigenvalue weighted by Crippen LogP contribution is -2.40. The molecule has 144 valence electrons. The Bertz CT molecular complexity index is 518.